The average Bonchev–Trinajstić information content (AvgIpc) is 2.83. The van der Waals surface area contributed by atoms with Crippen molar-refractivity contribution in [1.82, 2.24) is 10.2 Å². The normalized spacial score (nSPS) is 19.1. The fraction of sp³-hybridized carbons (Fsp3) is 0.538. The molecule has 0 bridgehead atoms. The largest absolute Gasteiger partial charge is 0.469 e. The molecular formula is C13H19N3O3. The lowest BCUT2D eigenvalue weighted by Crippen LogP contribution is -2.51. The van der Waals surface area contributed by atoms with Gasteiger partial charge >= 0.3 is 0 Å². The van der Waals surface area contributed by atoms with Crippen LogP contribution in [0.3, 0.4) is 0 Å². The van der Waals surface area contributed by atoms with Gasteiger partial charge in [0.15, 0.2) is 0 Å². The third kappa shape index (κ3) is 3.35. The third-order valence-electron chi connectivity index (χ3n) is 3.28. The number of piperidine rings is 1. The van der Waals surface area contributed by atoms with E-state index >= 15 is 0 Å². The van der Waals surface area contributed by atoms with Crippen molar-refractivity contribution < 1.29 is 14.0 Å². The molecule has 2 amide bonds. The van der Waals surface area contributed by atoms with Crippen LogP contribution in [-0.2, 0) is 4.79 Å². The smallest absolute Gasteiger partial charge is 0.257 e. The molecule has 3 N–H and O–H groups in total. The first kappa shape index (κ1) is 13.6. The van der Waals surface area contributed by atoms with E-state index < -0.39 is 5.91 Å². The van der Waals surface area contributed by atoms with Crippen molar-refractivity contribution in [1.29, 1.82) is 0 Å². The van der Waals surface area contributed by atoms with Crippen molar-refractivity contribution in [3.63, 3.8) is 0 Å². The first-order valence-electron chi connectivity index (χ1n) is 6.43. The minimum atomic E-state index is -0.501. The van der Waals surface area contributed by atoms with Crippen molar-refractivity contribution in [3.8, 4) is 0 Å². The number of hydrogen-bond donors (Lipinski definition) is 2. The lowest BCUT2D eigenvalue weighted by atomic mass is 10.0. The Kier molecular flexibility index (Phi) is 4.21. The van der Waals surface area contributed by atoms with Crippen LogP contribution in [0.1, 0.15) is 29.0 Å². The van der Waals surface area contributed by atoms with Gasteiger partial charge in [-0.25, -0.2) is 0 Å². The van der Waals surface area contributed by atoms with E-state index in [4.69, 9.17) is 10.2 Å². The van der Waals surface area contributed by atoms with Crippen LogP contribution >= 0.6 is 0 Å². The number of carbonyl (C=O) groups excluding carboxylic acids is 2. The average molecular weight is 265 g/mol. The van der Waals surface area contributed by atoms with Gasteiger partial charge < -0.3 is 20.4 Å². The van der Waals surface area contributed by atoms with E-state index in [1.54, 1.807) is 17.9 Å². The number of nitrogens with two attached hydrogens (primary N) is 1. The summed E-state index contributed by atoms with van der Waals surface area (Å²) in [5, 5.41) is 3.23. The highest BCUT2D eigenvalue weighted by Gasteiger charge is 2.28. The fourth-order valence-corrected chi connectivity index (χ4v) is 2.36. The van der Waals surface area contributed by atoms with E-state index in [1.807, 2.05) is 0 Å². The van der Waals surface area contributed by atoms with E-state index in [1.165, 1.54) is 6.26 Å². The maximum Gasteiger partial charge on any atom is 0.257 e. The number of nitrogens with one attached hydrogen (secondary N) is 1. The molecule has 1 aliphatic rings. The molecule has 0 saturated carbocycles. The predicted molar refractivity (Wildman–Crippen MR) is 69.6 cm³/mol. The Morgan fingerprint density at radius 1 is 1.58 bits per heavy atom. The fourth-order valence-electron chi connectivity index (χ4n) is 2.36. The van der Waals surface area contributed by atoms with E-state index in [2.05, 4.69) is 5.32 Å². The zero-order valence-electron chi connectivity index (χ0n) is 11.0. The maximum atomic E-state index is 12.4. The Morgan fingerprint density at radius 2 is 2.37 bits per heavy atom. The summed E-state index contributed by atoms with van der Waals surface area (Å²) in [4.78, 5) is 25.1. The predicted octanol–water partition coefficient (Wildman–Crippen LogP) is 0.268. The maximum absolute atomic E-state index is 12.4. The number of aryl methyl sites for hydroxylation is 1. The number of furan rings is 1. The Balaban J connectivity index is 2.16. The monoisotopic (exact) mass is 265 g/mol. The summed E-state index contributed by atoms with van der Waals surface area (Å²) in [7, 11) is 0. The highest BCUT2D eigenvalue weighted by Crippen LogP contribution is 2.16. The van der Waals surface area contributed by atoms with Gasteiger partial charge in [0, 0.05) is 12.6 Å². The van der Waals surface area contributed by atoms with Gasteiger partial charge in [0.1, 0.15) is 12.0 Å². The van der Waals surface area contributed by atoms with Crippen LogP contribution in [0.15, 0.2) is 16.7 Å². The molecule has 0 radical (unpaired) electrons. The summed E-state index contributed by atoms with van der Waals surface area (Å²) >= 11 is 0. The summed E-state index contributed by atoms with van der Waals surface area (Å²) in [6.45, 7) is 3.35. The molecule has 1 aromatic heterocycles. The summed E-state index contributed by atoms with van der Waals surface area (Å²) in [6, 6.07) is 1.68. The molecule has 2 rings (SSSR count). The van der Waals surface area contributed by atoms with Gasteiger partial charge in [-0.1, -0.05) is 0 Å². The number of rotatable bonds is 4. The minimum absolute atomic E-state index is 0.00366. The van der Waals surface area contributed by atoms with Gasteiger partial charge in [-0.05, 0) is 32.4 Å². The molecule has 1 aromatic rings. The van der Waals surface area contributed by atoms with Crippen LogP contribution in [0.4, 0.5) is 0 Å². The number of hydrogen-bond acceptors (Lipinski definition) is 4. The molecule has 1 unspecified atom stereocenters. The molecule has 2 heterocycles. The molecule has 1 fully saturated rings. The molecule has 1 saturated heterocycles. The van der Waals surface area contributed by atoms with Crippen molar-refractivity contribution in [2.24, 2.45) is 5.73 Å². The first-order valence-corrected chi connectivity index (χ1v) is 6.43. The highest BCUT2D eigenvalue weighted by atomic mass is 16.3. The van der Waals surface area contributed by atoms with E-state index in [0.717, 1.165) is 19.4 Å². The topological polar surface area (TPSA) is 88.6 Å². The summed E-state index contributed by atoms with van der Waals surface area (Å²) in [5.74, 6) is -0.0346. The van der Waals surface area contributed by atoms with Crippen LogP contribution in [0, 0.1) is 6.92 Å². The molecular weight excluding hydrogens is 246 g/mol. The van der Waals surface area contributed by atoms with Crippen molar-refractivity contribution in [2.75, 3.05) is 19.6 Å². The first-order chi connectivity index (χ1) is 9.08. The van der Waals surface area contributed by atoms with Gasteiger partial charge in [0.25, 0.3) is 5.91 Å². The Bertz CT molecular complexity index is 463. The molecule has 6 nitrogen and oxygen atoms in total. The van der Waals surface area contributed by atoms with Gasteiger partial charge in [-0.3, -0.25) is 9.59 Å². The molecule has 19 heavy (non-hydrogen) atoms. The highest BCUT2D eigenvalue weighted by molar-refractivity contribution is 5.96. The zero-order valence-corrected chi connectivity index (χ0v) is 11.0. The quantitative estimate of drug-likeness (QED) is 0.817. The van der Waals surface area contributed by atoms with Gasteiger partial charge in [-0.15, -0.1) is 0 Å². The summed E-state index contributed by atoms with van der Waals surface area (Å²) in [6.07, 6.45) is 3.28. The second kappa shape index (κ2) is 5.88. The zero-order chi connectivity index (χ0) is 13.8. The van der Waals surface area contributed by atoms with Crippen LogP contribution in [0.5, 0.6) is 0 Å². The SMILES string of the molecule is Cc1cc(C(=O)N(CC(N)=O)C2CCCNC2)co1. The van der Waals surface area contributed by atoms with E-state index in [9.17, 15) is 9.59 Å². The van der Waals surface area contributed by atoms with Crippen molar-refractivity contribution in [2.45, 2.75) is 25.8 Å². The molecule has 0 spiro atoms. The molecule has 0 aromatic carbocycles. The molecule has 6 heteroatoms. The van der Waals surface area contributed by atoms with Gasteiger partial charge in [0.05, 0.1) is 12.1 Å². The molecule has 104 valence electrons. The molecule has 1 atom stereocenters. The summed E-state index contributed by atoms with van der Waals surface area (Å²) in [5.41, 5.74) is 5.71. The number of nitrogens with zero attached hydrogens (tertiary/aromatic N) is 1. The van der Waals surface area contributed by atoms with Crippen molar-refractivity contribution in [3.05, 3.63) is 23.7 Å². The van der Waals surface area contributed by atoms with Gasteiger partial charge in [0.2, 0.25) is 5.91 Å². The van der Waals surface area contributed by atoms with E-state index in [0.29, 0.717) is 17.9 Å². The van der Waals surface area contributed by atoms with Crippen LogP contribution in [0.2, 0.25) is 0 Å². The second-order valence-electron chi connectivity index (χ2n) is 4.85. The van der Waals surface area contributed by atoms with Crippen molar-refractivity contribution >= 4 is 11.8 Å². The van der Waals surface area contributed by atoms with Crippen LogP contribution < -0.4 is 11.1 Å². The van der Waals surface area contributed by atoms with Crippen LogP contribution in [-0.4, -0.2) is 42.4 Å². The van der Waals surface area contributed by atoms with E-state index in [-0.39, 0.29) is 18.5 Å². The Hall–Kier alpha value is -1.82. The second-order valence-corrected chi connectivity index (χ2v) is 4.85. The standard InChI is InChI=1S/C13H19N3O3/c1-9-5-10(8-19-9)13(18)16(7-12(14)17)11-3-2-4-15-6-11/h5,8,11,15H,2-4,6-7H2,1H3,(H2,14,17). The number of carbonyl (C=O) groups is 2. The third-order valence-corrected chi connectivity index (χ3v) is 3.28. The number of amides is 2. The number of primary amides is 1. The van der Waals surface area contributed by atoms with Gasteiger partial charge in [-0.2, -0.15) is 0 Å². The Labute approximate surface area is 111 Å². The Morgan fingerprint density at radius 3 is 2.89 bits per heavy atom. The van der Waals surface area contributed by atoms with Crippen LogP contribution in [0.25, 0.3) is 0 Å². The summed E-state index contributed by atoms with van der Waals surface area (Å²) < 4.78 is 5.15. The lowest BCUT2D eigenvalue weighted by Gasteiger charge is -2.33. The molecule has 0 aliphatic carbocycles. The lowest BCUT2D eigenvalue weighted by molar-refractivity contribution is -0.119. The minimum Gasteiger partial charge on any atom is -0.469 e. The molecule has 1 aliphatic heterocycles.